The number of methoxy groups -OCH3 is 1. The molecule has 2 aromatic heterocycles. The Morgan fingerprint density at radius 2 is 1.89 bits per heavy atom. The number of hydrogen-bond donors (Lipinski definition) is 3. The van der Waals surface area contributed by atoms with E-state index in [4.69, 9.17) is 17.0 Å². The van der Waals surface area contributed by atoms with Gasteiger partial charge in [-0.2, -0.15) is 0 Å². The molecule has 8 nitrogen and oxygen atoms in total. The van der Waals surface area contributed by atoms with Gasteiger partial charge in [0, 0.05) is 42.3 Å². The summed E-state index contributed by atoms with van der Waals surface area (Å²) in [6.45, 7) is 1.94. The number of phenols is 1. The third-order valence-electron chi connectivity index (χ3n) is 6.35. The zero-order valence-corrected chi connectivity index (χ0v) is 21.3. The third-order valence-corrected chi connectivity index (χ3v) is 6.66. The molecule has 0 aliphatic carbocycles. The third kappa shape index (κ3) is 4.91. The fourth-order valence-electron chi connectivity index (χ4n) is 4.67. The second kappa shape index (κ2) is 10.4. The van der Waals surface area contributed by atoms with Crippen molar-refractivity contribution < 1.29 is 14.6 Å². The van der Waals surface area contributed by atoms with Crippen LogP contribution in [0.5, 0.6) is 5.75 Å². The topological polar surface area (TPSA) is 91.7 Å². The van der Waals surface area contributed by atoms with Crippen LogP contribution in [0, 0.1) is 6.92 Å². The van der Waals surface area contributed by atoms with Crippen LogP contribution in [0.4, 0.5) is 11.4 Å². The summed E-state index contributed by atoms with van der Waals surface area (Å²) in [5.41, 5.74) is 5.30. The largest absolute Gasteiger partial charge is 0.508 e. The second-order valence-corrected chi connectivity index (χ2v) is 9.18. The number of pyridine rings is 1. The van der Waals surface area contributed by atoms with Crippen LogP contribution in [-0.4, -0.2) is 39.4 Å². The highest BCUT2D eigenvalue weighted by Gasteiger charge is 2.42. The molecule has 9 heteroatoms. The number of anilines is 2. The molecule has 0 saturated carbocycles. The number of carbonyl (C=O) groups is 1. The molecule has 3 N–H and O–H groups in total. The van der Waals surface area contributed by atoms with E-state index in [-0.39, 0.29) is 30.3 Å². The van der Waals surface area contributed by atoms with Crippen LogP contribution in [0.3, 0.4) is 0 Å². The number of aromatic hydroxyl groups is 1. The van der Waals surface area contributed by atoms with Gasteiger partial charge in [0.1, 0.15) is 18.4 Å². The first kappa shape index (κ1) is 24.5. The Labute approximate surface area is 220 Å². The minimum absolute atomic E-state index is 0.0105. The summed E-state index contributed by atoms with van der Waals surface area (Å²) in [5.74, 6) is -0.00108. The van der Waals surface area contributed by atoms with Crippen molar-refractivity contribution in [3.8, 4) is 11.4 Å². The average molecular weight is 514 g/mol. The Morgan fingerprint density at radius 1 is 1.11 bits per heavy atom. The average Bonchev–Trinajstić information content (AvgIpc) is 3.51. The first-order valence-corrected chi connectivity index (χ1v) is 12.2. The second-order valence-electron chi connectivity index (χ2n) is 8.80. The first-order valence-electron chi connectivity index (χ1n) is 11.8. The molecular formula is C28H27N5O3S. The molecule has 0 radical (unpaired) electrons. The van der Waals surface area contributed by atoms with Crippen molar-refractivity contribution in [1.29, 1.82) is 0 Å². The molecule has 3 heterocycles. The Balaban J connectivity index is 1.58. The van der Waals surface area contributed by atoms with Gasteiger partial charge in [0.05, 0.1) is 11.7 Å². The number of hydrogen-bond acceptors (Lipinski definition) is 5. The summed E-state index contributed by atoms with van der Waals surface area (Å²) in [6, 6.07) is 22.4. The number of aromatic nitrogens is 2. The lowest BCUT2D eigenvalue weighted by atomic mass is 10.00. The maximum absolute atomic E-state index is 12.1. The molecule has 2 atom stereocenters. The van der Waals surface area contributed by atoms with Crippen molar-refractivity contribution >= 4 is 34.6 Å². The van der Waals surface area contributed by atoms with Gasteiger partial charge < -0.3 is 29.9 Å². The molecule has 37 heavy (non-hydrogen) atoms. The number of nitrogens with zero attached hydrogens (tertiary/aromatic N) is 3. The van der Waals surface area contributed by atoms with Gasteiger partial charge in [-0.25, -0.2) is 0 Å². The van der Waals surface area contributed by atoms with E-state index in [1.54, 1.807) is 18.3 Å². The Bertz CT molecular complexity index is 1420. The van der Waals surface area contributed by atoms with Crippen LogP contribution in [0.2, 0.25) is 0 Å². The van der Waals surface area contributed by atoms with Gasteiger partial charge >= 0.3 is 0 Å². The maximum Gasteiger partial charge on any atom is 0.250 e. The van der Waals surface area contributed by atoms with Gasteiger partial charge in [-0.3, -0.25) is 9.78 Å². The summed E-state index contributed by atoms with van der Waals surface area (Å²) in [7, 11) is 1.49. The molecule has 2 aromatic carbocycles. The predicted molar refractivity (Wildman–Crippen MR) is 147 cm³/mol. The molecular weight excluding hydrogens is 486 g/mol. The van der Waals surface area contributed by atoms with Crippen molar-refractivity contribution in [2.24, 2.45) is 0 Å². The molecule has 1 aliphatic rings. The summed E-state index contributed by atoms with van der Waals surface area (Å²) in [5, 5.41) is 16.7. The molecule has 0 spiro atoms. The highest BCUT2D eigenvalue weighted by molar-refractivity contribution is 7.80. The van der Waals surface area contributed by atoms with Crippen molar-refractivity contribution in [3.63, 3.8) is 0 Å². The Morgan fingerprint density at radius 3 is 2.59 bits per heavy atom. The van der Waals surface area contributed by atoms with E-state index in [9.17, 15) is 9.90 Å². The molecule has 4 aromatic rings. The number of amides is 1. The van der Waals surface area contributed by atoms with Crippen LogP contribution in [0.15, 0.2) is 85.2 Å². The van der Waals surface area contributed by atoms with E-state index in [1.165, 1.54) is 7.11 Å². The lowest BCUT2D eigenvalue weighted by molar-refractivity contribution is -0.119. The summed E-state index contributed by atoms with van der Waals surface area (Å²) >= 11 is 5.87. The number of thiocarbonyl (C=S) groups is 1. The summed E-state index contributed by atoms with van der Waals surface area (Å²) in [4.78, 5) is 18.8. The fraction of sp³-hybridized carbons (Fsp3) is 0.179. The van der Waals surface area contributed by atoms with Crippen LogP contribution >= 0.6 is 12.2 Å². The smallest absolute Gasteiger partial charge is 0.250 e. The van der Waals surface area contributed by atoms with Crippen LogP contribution in [-0.2, 0) is 9.53 Å². The van der Waals surface area contributed by atoms with Gasteiger partial charge in [-0.15, -0.1) is 0 Å². The van der Waals surface area contributed by atoms with E-state index in [1.807, 2.05) is 67.7 Å². The molecule has 1 saturated heterocycles. The van der Waals surface area contributed by atoms with E-state index >= 15 is 0 Å². The standard InChI is InChI=1S/C28H27N5O3S/c1-18-16-20(10-13-22(18)30-25(35)17-36-2)33-27(26(31-28(33)37)23-6-3-4-14-29-23)24-7-5-15-32(24)19-8-11-21(34)12-9-19/h3-16,26-27,34H,17H2,1-2H3,(H,30,35)(H,31,37)/t26-,27-/m1/s1. The molecule has 1 fully saturated rings. The highest BCUT2D eigenvalue weighted by atomic mass is 32.1. The Kier molecular flexibility index (Phi) is 6.89. The van der Waals surface area contributed by atoms with Gasteiger partial charge in [-0.05, 0) is 91.4 Å². The minimum Gasteiger partial charge on any atom is -0.508 e. The normalized spacial score (nSPS) is 17.0. The van der Waals surface area contributed by atoms with Gasteiger partial charge in [-0.1, -0.05) is 6.07 Å². The number of phenolic OH excluding ortho intramolecular Hbond substituents is 1. The molecule has 188 valence electrons. The van der Waals surface area contributed by atoms with E-state index < -0.39 is 0 Å². The Hall–Kier alpha value is -4.21. The monoisotopic (exact) mass is 513 g/mol. The minimum atomic E-state index is -0.223. The molecule has 0 bridgehead atoms. The highest BCUT2D eigenvalue weighted by Crippen LogP contribution is 2.43. The molecule has 5 rings (SSSR count). The molecule has 1 aliphatic heterocycles. The predicted octanol–water partition coefficient (Wildman–Crippen LogP) is 4.65. The number of carbonyl (C=O) groups excluding carboxylic acids is 1. The summed E-state index contributed by atoms with van der Waals surface area (Å²) in [6.07, 6.45) is 3.77. The number of rotatable bonds is 7. The van der Waals surface area contributed by atoms with E-state index in [0.29, 0.717) is 10.8 Å². The van der Waals surface area contributed by atoms with Crippen LogP contribution in [0.1, 0.15) is 29.0 Å². The quantitative estimate of drug-likeness (QED) is 0.310. The lowest BCUT2D eigenvalue weighted by Gasteiger charge is -2.29. The van der Waals surface area contributed by atoms with Crippen molar-refractivity contribution in [1.82, 2.24) is 14.9 Å². The van der Waals surface area contributed by atoms with Crippen LogP contribution < -0.4 is 15.5 Å². The van der Waals surface area contributed by atoms with Gasteiger partial charge in [0.25, 0.3) is 0 Å². The molecule has 0 unspecified atom stereocenters. The van der Waals surface area contributed by atoms with Gasteiger partial charge in [0.15, 0.2) is 5.11 Å². The zero-order chi connectivity index (χ0) is 25.9. The SMILES string of the molecule is COCC(=O)Nc1ccc(N2C(=S)N[C@H](c3ccccn3)[C@H]2c2cccn2-c2ccc(O)cc2)cc1C. The number of ether oxygens (including phenoxy) is 1. The van der Waals surface area contributed by atoms with E-state index in [2.05, 4.69) is 31.2 Å². The van der Waals surface area contributed by atoms with E-state index in [0.717, 1.165) is 28.3 Å². The molecule has 1 amide bonds. The van der Waals surface area contributed by atoms with Crippen molar-refractivity contribution in [3.05, 3.63) is 102 Å². The number of aryl methyl sites for hydroxylation is 1. The number of benzene rings is 2. The van der Waals surface area contributed by atoms with Crippen LogP contribution in [0.25, 0.3) is 5.69 Å². The first-order chi connectivity index (χ1) is 18.0. The summed E-state index contributed by atoms with van der Waals surface area (Å²) < 4.78 is 7.02. The lowest BCUT2D eigenvalue weighted by Crippen LogP contribution is -2.30. The maximum atomic E-state index is 12.1. The zero-order valence-electron chi connectivity index (χ0n) is 20.5. The van der Waals surface area contributed by atoms with Crippen molar-refractivity contribution in [2.75, 3.05) is 23.9 Å². The van der Waals surface area contributed by atoms with Gasteiger partial charge in [0.2, 0.25) is 5.91 Å². The van der Waals surface area contributed by atoms with Crippen molar-refractivity contribution in [2.45, 2.75) is 19.0 Å². The number of nitrogens with one attached hydrogen (secondary N) is 2. The fourth-order valence-corrected chi connectivity index (χ4v) is 5.02.